The number of hydrogen-bond acceptors (Lipinski definition) is 5. The fourth-order valence-electron chi connectivity index (χ4n) is 3.29. The molecule has 1 N–H and O–H groups in total. The molecule has 1 aliphatic heterocycles. The molecule has 29 heavy (non-hydrogen) atoms. The normalized spacial score (nSPS) is 12.9. The molecule has 146 valence electrons. The standard InChI is InChI=1S/C22H19N3O3S/c1-14-4-9-17-18(13-14)22(28)25(21(17)27)11-2-3-19(26)24-16-7-5-15(6-8-16)20-23-10-12-29-20/h4-10,12-13H,2-3,11H2,1H3,(H,24,26). The van der Waals surface area contributed by atoms with Crippen LogP contribution < -0.4 is 5.32 Å². The average molecular weight is 405 g/mol. The van der Waals surface area contributed by atoms with E-state index in [4.69, 9.17) is 0 Å². The summed E-state index contributed by atoms with van der Waals surface area (Å²) in [6.45, 7) is 2.11. The van der Waals surface area contributed by atoms with Gasteiger partial charge in [0.15, 0.2) is 0 Å². The summed E-state index contributed by atoms with van der Waals surface area (Å²) in [4.78, 5) is 42.6. The number of benzene rings is 2. The zero-order valence-corrected chi connectivity index (χ0v) is 16.7. The summed E-state index contributed by atoms with van der Waals surface area (Å²) in [7, 11) is 0. The van der Waals surface area contributed by atoms with Crippen molar-refractivity contribution in [2.45, 2.75) is 19.8 Å². The van der Waals surface area contributed by atoms with Crippen LogP contribution in [0.4, 0.5) is 5.69 Å². The maximum atomic E-state index is 12.5. The molecule has 0 radical (unpaired) electrons. The van der Waals surface area contributed by atoms with Gasteiger partial charge in [0, 0.05) is 35.8 Å². The molecule has 3 aromatic rings. The first kappa shape index (κ1) is 19.0. The Morgan fingerprint density at radius 1 is 1.07 bits per heavy atom. The van der Waals surface area contributed by atoms with Crippen molar-refractivity contribution in [2.75, 3.05) is 11.9 Å². The first-order chi connectivity index (χ1) is 14.0. The van der Waals surface area contributed by atoms with Crippen molar-refractivity contribution in [3.05, 3.63) is 70.7 Å². The van der Waals surface area contributed by atoms with Crippen LogP contribution >= 0.6 is 11.3 Å². The van der Waals surface area contributed by atoms with E-state index in [9.17, 15) is 14.4 Å². The fourth-order valence-corrected chi connectivity index (χ4v) is 3.94. The predicted molar refractivity (Wildman–Crippen MR) is 112 cm³/mol. The minimum absolute atomic E-state index is 0.153. The van der Waals surface area contributed by atoms with Crippen molar-refractivity contribution in [2.24, 2.45) is 0 Å². The Balaban J connectivity index is 1.29. The Morgan fingerprint density at radius 3 is 2.55 bits per heavy atom. The fraction of sp³-hybridized carbons (Fsp3) is 0.182. The van der Waals surface area contributed by atoms with E-state index in [1.54, 1.807) is 29.7 Å². The molecule has 0 unspecified atom stereocenters. The van der Waals surface area contributed by atoms with Gasteiger partial charge in [-0.05, 0) is 49.7 Å². The summed E-state index contributed by atoms with van der Waals surface area (Å²) >= 11 is 1.56. The van der Waals surface area contributed by atoms with E-state index >= 15 is 0 Å². The molecule has 0 spiro atoms. The van der Waals surface area contributed by atoms with Gasteiger partial charge in [-0.3, -0.25) is 19.3 Å². The summed E-state index contributed by atoms with van der Waals surface area (Å²) in [6, 6.07) is 12.7. The summed E-state index contributed by atoms with van der Waals surface area (Å²) in [5.41, 5.74) is 3.52. The molecule has 0 bridgehead atoms. The number of carbonyl (C=O) groups excluding carboxylic acids is 3. The number of hydrogen-bond donors (Lipinski definition) is 1. The molecule has 1 aromatic heterocycles. The number of anilines is 1. The van der Waals surface area contributed by atoms with Crippen molar-refractivity contribution >= 4 is 34.7 Å². The summed E-state index contributed by atoms with van der Waals surface area (Å²) < 4.78 is 0. The van der Waals surface area contributed by atoms with Gasteiger partial charge in [-0.25, -0.2) is 4.98 Å². The van der Waals surface area contributed by atoms with Crippen molar-refractivity contribution in [3.63, 3.8) is 0 Å². The lowest BCUT2D eigenvalue weighted by Crippen LogP contribution is -2.31. The van der Waals surface area contributed by atoms with Gasteiger partial charge in [0.2, 0.25) is 5.91 Å². The van der Waals surface area contributed by atoms with E-state index < -0.39 is 0 Å². The summed E-state index contributed by atoms with van der Waals surface area (Å²) in [5.74, 6) is -0.727. The molecule has 2 aromatic carbocycles. The van der Waals surface area contributed by atoms with Crippen molar-refractivity contribution in [1.29, 1.82) is 0 Å². The third-order valence-electron chi connectivity index (χ3n) is 4.76. The number of rotatable bonds is 6. The highest BCUT2D eigenvalue weighted by Crippen LogP contribution is 2.25. The highest BCUT2D eigenvalue weighted by atomic mass is 32.1. The summed E-state index contributed by atoms with van der Waals surface area (Å²) in [5, 5.41) is 5.69. The van der Waals surface area contributed by atoms with Crippen LogP contribution in [0, 0.1) is 6.92 Å². The van der Waals surface area contributed by atoms with Crippen LogP contribution in [-0.2, 0) is 4.79 Å². The first-order valence-electron chi connectivity index (χ1n) is 9.29. The summed E-state index contributed by atoms with van der Waals surface area (Å²) in [6.07, 6.45) is 2.39. The molecular formula is C22H19N3O3S. The molecule has 0 saturated carbocycles. The van der Waals surface area contributed by atoms with Crippen molar-refractivity contribution < 1.29 is 14.4 Å². The van der Waals surface area contributed by atoms with Crippen LogP contribution in [0.3, 0.4) is 0 Å². The third-order valence-corrected chi connectivity index (χ3v) is 5.58. The van der Waals surface area contributed by atoms with Gasteiger partial charge in [-0.2, -0.15) is 0 Å². The lowest BCUT2D eigenvalue weighted by molar-refractivity contribution is -0.116. The number of nitrogens with zero attached hydrogens (tertiary/aromatic N) is 2. The highest BCUT2D eigenvalue weighted by molar-refractivity contribution is 7.13. The molecule has 3 amide bonds. The number of imide groups is 1. The third kappa shape index (κ3) is 3.95. The van der Waals surface area contributed by atoms with E-state index in [-0.39, 0.29) is 30.7 Å². The Bertz CT molecular complexity index is 1080. The SMILES string of the molecule is Cc1ccc2c(c1)C(=O)N(CCCC(=O)Nc1ccc(-c3nccs3)cc1)C2=O. The number of amides is 3. The first-order valence-corrected chi connectivity index (χ1v) is 10.2. The van der Waals surface area contributed by atoms with Crippen LogP contribution in [0.15, 0.2) is 54.0 Å². The van der Waals surface area contributed by atoms with Gasteiger partial charge >= 0.3 is 0 Å². The smallest absolute Gasteiger partial charge is 0.261 e. The number of carbonyl (C=O) groups is 3. The van der Waals surface area contributed by atoms with Gasteiger partial charge in [0.1, 0.15) is 5.01 Å². The average Bonchev–Trinajstić information content (AvgIpc) is 3.32. The zero-order valence-electron chi connectivity index (χ0n) is 15.8. The van der Waals surface area contributed by atoms with E-state index in [0.29, 0.717) is 23.2 Å². The monoisotopic (exact) mass is 405 g/mol. The molecule has 0 atom stereocenters. The second-order valence-corrected chi connectivity index (χ2v) is 7.77. The maximum absolute atomic E-state index is 12.5. The Kier molecular flexibility index (Phi) is 5.22. The molecule has 1 aliphatic rings. The quantitative estimate of drug-likeness (QED) is 0.625. The minimum Gasteiger partial charge on any atom is -0.326 e. The van der Waals surface area contributed by atoms with Gasteiger partial charge in [0.05, 0.1) is 11.1 Å². The Hall–Kier alpha value is -3.32. The molecule has 4 rings (SSSR count). The molecular weight excluding hydrogens is 386 g/mol. The van der Waals surface area contributed by atoms with E-state index in [1.807, 2.05) is 42.6 Å². The Labute approximate surface area is 172 Å². The van der Waals surface area contributed by atoms with Crippen molar-refractivity contribution in [3.8, 4) is 10.6 Å². The topological polar surface area (TPSA) is 79.4 Å². The van der Waals surface area contributed by atoms with Crippen molar-refractivity contribution in [1.82, 2.24) is 9.88 Å². The molecule has 0 aliphatic carbocycles. The minimum atomic E-state index is -0.289. The van der Waals surface area contributed by atoms with Gasteiger partial charge in [-0.15, -0.1) is 11.3 Å². The van der Waals surface area contributed by atoms with Crippen LogP contribution in [-0.4, -0.2) is 34.2 Å². The number of nitrogens with one attached hydrogen (secondary N) is 1. The van der Waals surface area contributed by atoms with Gasteiger partial charge in [-0.1, -0.05) is 11.6 Å². The molecule has 7 heteroatoms. The second-order valence-electron chi connectivity index (χ2n) is 6.88. The van der Waals surface area contributed by atoms with Crippen LogP contribution in [0.1, 0.15) is 39.1 Å². The van der Waals surface area contributed by atoms with E-state index in [2.05, 4.69) is 10.3 Å². The zero-order chi connectivity index (χ0) is 20.4. The molecule has 2 heterocycles. The largest absolute Gasteiger partial charge is 0.326 e. The van der Waals surface area contributed by atoms with Crippen LogP contribution in [0.25, 0.3) is 10.6 Å². The number of aromatic nitrogens is 1. The van der Waals surface area contributed by atoms with E-state index in [1.165, 1.54) is 4.90 Å². The molecule has 6 nitrogen and oxygen atoms in total. The number of fused-ring (bicyclic) bond motifs is 1. The van der Waals surface area contributed by atoms with Gasteiger partial charge < -0.3 is 5.32 Å². The Morgan fingerprint density at radius 2 is 1.83 bits per heavy atom. The number of aryl methyl sites for hydroxylation is 1. The van der Waals surface area contributed by atoms with Crippen LogP contribution in [0.5, 0.6) is 0 Å². The van der Waals surface area contributed by atoms with Gasteiger partial charge in [0.25, 0.3) is 11.8 Å². The lowest BCUT2D eigenvalue weighted by atomic mass is 10.1. The molecule has 0 fully saturated rings. The van der Waals surface area contributed by atoms with Crippen LogP contribution in [0.2, 0.25) is 0 Å². The number of thiazole rings is 1. The second kappa shape index (κ2) is 7.97. The molecule has 0 saturated heterocycles. The lowest BCUT2D eigenvalue weighted by Gasteiger charge is -2.13. The highest BCUT2D eigenvalue weighted by Gasteiger charge is 2.34. The van der Waals surface area contributed by atoms with E-state index in [0.717, 1.165) is 16.1 Å². The predicted octanol–water partition coefficient (Wildman–Crippen LogP) is 4.13. The maximum Gasteiger partial charge on any atom is 0.261 e.